The first-order chi connectivity index (χ1) is 8.18. The molecular weight excluding hydrogens is 260 g/mol. The molecule has 3 N–H and O–H groups in total. The zero-order valence-corrected chi connectivity index (χ0v) is 11.2. The van der Waals surface area contributed by atoms with Gasteiger partial charge < -0.3 is 14.8 Å². The van der Waals surface area contributed by atoms with Gasteiger partial charge in [0.15, 0.2) is 0 Å². The average molecular weight is 276 g/mol. The monoisotopic (exact) mass is 276 g/mol. The summed E-state index contributed by atoms with van der Waals surface area (Å²) >= 11 is 0. The second kappa shape index (κ2) is 5.09. The largest absolute Gasteiger partial charge is 0.477 e. The van der Waals surface area contributed by atoms with Crippen LogP contribution in [0.4, 0.5) is 0 Å². The van der Waals surface area contributed by atoms with Gasteiger partial charge in [0.1, 0.15) is 10.6 Å². The van der Waals surface area contributed by atoms with E-state index >= 15 is 0 Å². The maximum atomic E-state index is 11.9. The van der Waals surface area contributed by atoms with Crippen LogP contribution in [0, 0.1) is 0 Å². The van der Waals surface area contributed by atoms with Crippen LogP contribution in [-0.4, -0.2) is 43.7 Å². The third-order valence-corrected chi connectivity index (χ3v) is 3.82. The Kier molecular flexibility index (Phi) is 4.15. The molecule has 1 aromatic heterocycles. The summed E-state index contributed by atoms with van der Waals surface area (Å²) in [7, 11) is -2.26. The Morgan fingerprint density at radius 3 is 2.61 bits per heavy atom. The fourth-order valence-electron chi connectivity index (χ4n) is 1.08. The Morgan fingerprint density at radius 1 is 1.56 bits per heavy atom. The van der Waals surface area contributed by atoms with Gasteiger partial charge >= 0.3 is 5.97 Å². The molecule has 0 fully saturated rings. The molecule has 0 aliphatic carbocycles. The summed E-state index contributed by atoms with van der Waals surface area (Å²) in [6, 6.07) is 1.06. The number of H-pyrrole nitrogens is 1. The molecule has 0 atom stereocenters. The molecule has 7 nitrogen and oxygen atoms in total. The summed E-state index contributed by atoms with van der Waals surface area (Å²) < 4.78 is 31.1. The number of aromatic carboxylic acids is 1. The SMILES string of the molecule is COC(C)(C)CNS(=O)(=O)c1c[nH]c(C(=O)O)c1. The second-order valence-electron chi connectivity index (χ2n) is 4.34. The Hall–Kier alpha value is -1.38. The van der Waals surface area contributed by atoms with Gasteiger partial charge in [-0.1, -0.05) is 0 Å². The molecule has 0 amide bonds. The van der Waals surface area contributed by atoms with Crippen LogP contribution in [0.2, 0.25) is 0 Å². The van der Waals surface area contributed by atoms with E-state index in [1.54, 1.807) is 13.8 Å². The number of carboxylic acid groups (broad SMARTS) is 1. The van der Waals surface area contributed by atoms with Gasteiger partial charge in [0, 0.05) is 19.9 Å². The molecule has 0 aliphatic rings. The lowest BCUT2D eigenvalue weighted by molar-refractivity contribution is 0.0276. The first-order valence-corrected chi connectivity index (χ1v) is 6.63. The lowest BCUT2D eigenvalue weighted by atomic mass is 10.1. The molecule has 1 aromatic rings. The van der Waals surface area contributed by atoms with Crippen LogP contribution < -0.4 is 4.72 Å². The minimum atomic E-state index is -3.74. The maximum Gasteiger partial charge on any atom is 0.352 e. The van der Waals surface area contributed by atoms with Gasteiger partial charge in [-0.15, -0.1) is 0 Å². The quantitative estimate of drug-likeness (QED) is 0.697. The minimum Gasteiger partial charge on any atom is -0.477 e. The van der Waals surface area contributed by atoms with Crippen LogP contribution in [-0.2, 0) is 14.8 Å². The summed E-state index contributed by atoms with van der Waals surface area (Å²) in [6.45, 7) is 3.55. The maximum absolute atomic E-state index is 11.9. The van der Waals surface area contributed by atoms with Crippen molar-refractivity contribution in [3.63, 3.8) is 0 Å². The molecule has 1 rings (SSSR count). The summed E-state index contributed by atoms with van der Waals surface area (Å²) in [5, 5.41) is 8.69. The Labute approximate surface area is 105 Å². The van der Waals surface area contributed by atoms with Crippen LogP contribution in [0.15, 0.2) is 17.2 Å². The molecule has 0 aromatic carbocycles. The molecule has 0 aliphatic heterocycles. The number of carbonyl (C=O) groups is 1. The summed E-state index contributed by atoms with van der Waals surface area (Å²) in [4.78, 5) is 12.9. The number of aromatic amines is 1. The van der Waals surface area contributed by atoms with Gasteiger partial charge in [-0.25, -0.2) is 17.9 Å². The van der Waals surface area contributed by atoms with Gasteiger partial charge in [0.25, 0.3) is 0 Å². The van der Waals surface area contributed by atoms with Crippen molar-refractivity contribution in [1.29, 1.82) is 0 Å². The van der Waals surface area contributed by atoms with E-state index in [0.29, 0.717) is 0 Å². The zero-order valence-electron chi connectivity index (χ0n) is 10.4. The molecule has 0 bridgehead atoms. The lowest BCUT2D eigenvalue weighted by Gasteiger charge is -2.22. The number of methoxy groups -OCH3 is 1. The first kappa shape index (κ1) is 14.7. The average Bonchev–Trinajstić information content (AvgIpc) is 2.77. The van der Waals surface area contributed by atoms with E-state index < -0.39 is 21.6 Å². The van der Waals surface area contributed by atoms with Crippen molar-refractivity contribution < 1.29 is 23.1 Å². The highest BCUT2D eigenvalue weighted by Gasteiger charge is 2.23. The van der Waals surface area contributed by atoms with Crippen LogP contribution in [0.25, 0.3) is 0 Å². The molecule has 0 radical (unpaired) electrons. The topological polar surface area (TPSA) is 108 Å². The lowest BCUT2D eigenvalue weighted by Crippen LogP contribution is -2.39. The number of hydrogen-bond acceptors (Lipinski definition) is 4. The highest BCUT2D eigenvalue weighted by Crippen LogP contribution is 2.12. The fraction of sp³-hybridized carbons (Fsp3) is 0.500. The van der Waals surface area contributed by atoms with E-state index in [9.17, 15) is 13.2 Å². The van der Waals surface area contributed by atoms with Gasteiger partial charge in [0.2, 0.25) is 10.0 Å². The van der Waals surface area contributed by atoms with E-state index in [4.69, 9.17) is 9.84 Å². The van der Waals surface area contributed by atoms with Crippen LogP contribution in [0.5, 0.6) is 0 Å². The highest BCUT2D eigenvalue weighted by molar-refractivity contribution is 7.89. The van der Waals surface area contributed by atoms with Crippen molar-refractivity contribution in [3.8, 4) is 0 Å². The number of rotatable bonds is 6. The van der Waals surface area contributed by atoms with Crippen molar-refractivity contribution in [1.82, 2.24) is 9.71 Å². The van der Waals surface area contributed by atoms with Crippen molar-refractivity contribution in [2.24, 2.45) is 0 Å². The fourth-order valence-corrected chi connectivity index (χ4v) is 2.27. The van der Waals surface area contributed by atoms with Gasteiger partial charge in [-0.3, -0.25) is 0 Å². The highest BCUT2D eigenvalue weighted by atomic mass is 32.2. The number of sulfonamides is 1. The van der Waals surface area contributed by atoms with E-state index in [0.717, 1.165) is 12.3 Å². The smallest absolute Gasteiger partial charge is 0.352 e. The Morgan fingerprint density at radius 2 is 2.17 bits per heavy atom. The standard InChI is InChI=1S/C10H16N2O5S/c1-10(2,17-3)6-12-18(15,16)7-4-8(9(13)14)11-5-7/h4-5,11-12H,6H2,1-3H3,(H,13,14). The van der Waals surface area contributed by atoms with E-state index in [2.05, 4.69) is 9.71 Å². The molecular formula is C10H16N2O5S. The molecule has 0 saturated carbocycles. The zero-order chi connectivity index (χ0) is 14.0. The second-order valence-corrected chi connectivity index (χ2v) is 6.11. The van der Waals surface area contributed by atoms with E-state index in [-0.39, 0.29) is 17.1 Å². The summed E-state index contributed by atoms with van der Waals surface area (Å²) in [5.74, 6) is -1.21. The van der Waals surface area contributed by atoms with Gasteiger partial charge in [-0.05, 0) is 19.9 Å². The van der Waals surface area contributed by atoms with Crippen molar-refractivity contribution in [2.45, 2.75) is 24.3 Å². The summed E-state index contributed by atoms with van der Waals surface area (Å²) in [6.07, 6.45) is 1.13. The predicted molar refractivity (Wildman–Crippen MR) is 64.0 cm³/mol. The van der Waals surface area contributed by atoms with Gasteiger partial charge in [-0.2, -0.15) is 0 Å². The molecule has 8 heteroatoms. The van der Waals surface area contributed by atoms with Crippen LogP contribution in [0.1, 0.15) is 24.3 Å². The van der Waals surface area contributed by atoms with Crippen molar-refractivity contribution >= 4 is 16.0 Å². The van der Waals surface area contributed by atoms with E-state index in [1.807, 2.05) is 0 Å². The van der Waals surface area contributed by atoms with Crippen LogP contribution in [0.3, 0.4) is 0 Å². The number of hydrogen-bond donors (Lipinski definition) is 3. The normalized spacial score (nSPS) is 12.6. The number of ether oxygens (including phenoxy) is 1. The van der Waals surface area contributed by atoms with E-state index in [1.165, 1.54) is 7.11 Å². The molecule has 0 saturated heterocycles. The molecule has 0 unspecified atom stereocenters. The van der Waals surface area contributed by atoms with Gasteiger partial charge in [0.05, 0.1) is 5.60 Å². The predicted octanol–water partition coefficient (Wildman–Crippen LogP) is 0.416. The minimum absolute atomic E-state index is 0.0828. The number of aromatic nitrogens is 1. The molecule has 18 heavy (non-hydrogen) atoms. The number of nitrogens with one attached hydrogen (secondary N) is 2. The molecule has 102 valence electrons. The van der Waals surface area contributed by atoms with Crippen molar-refractivity contribution in [3.05, 3.63) is 18.0 Å². The van der Waals surface area contributed by atoms with Crippen LogP contribution >= 0.6 is 0 Å². The molecule has 0 spiro atoms. The Bertz CT molecular complexity index is 532. The molecule has 1 heterocycles. The van der Waals surface area contributed by atoms with Crippen molar-refractivity contribution in [2.75, 3.05) is 13.7 Å². The Balaban J connectivity index is 2.83. The summed E-state index contributed by atoms with van der Waals surface area (Å²) in [5.41, 5.74) is -0.819. The third kappa shape index (κ3) is 3.56. The number of carboxylic acids is 1. The first-order valence-electron chi connectivity index (χ1n) is 5.14. The third-order valence-electron chi connectivity index (χ3n) is 2.44.